The van der Waals surface area contributed by atoms with Gasteiger partial charge >= 0.3 is 0 Å². The van der Waals surface area contributed by atoms with E-state index in [9.17, 15) is 13.2 Å². The summed E-state index contributed by atoms with van der Waals surface area (Å²) in [4.78, 5) is 14.8. The Morgan fingerprint density at radius 2 is 1.90 bits per heavy atom. The Labute approximate surface area is 189 Å². The van der Waals surface area contributed by atoms with Crippen LogP contribution in [0.15, 0.2) is 23.1 Å². The molecule has 2 atom stereocenters. The van der Waals surface area contributed by atoms with E-state index in [1.165, 1.54) is 12.8 Å². The first-order chi connectivity index (χ1) is 14.8. The molecular formula is C24H41N3O3S. The first-order valence-electron chi connectivity index (χ1n) is 12.0. The van der Waals surface area contributed by atoms with Gasteiger partial charge in [0.1, 0.15) is 4.90 Å². The molecule has 31 heavy (non-hydrogen) atoms. The van der Waals surface area contributed by atoms with Gasteiger partial charge in [-0.3, -0.25) is 4.79 Å². The molecule has 0 bridgehead atoms. The molecule has 176 valence electrons. The number of benzene rings is 1. The fourth-order valence-corrected chi connectivity index (χ4v) is 5.59. The summed E-state index contributed by atoms with van der Waals surface area (Å²) in [5, 5.41) is 2.90. The third kappa shape index (κ3) is 7.79. The number of sulfonamides is 1. The molecule has 0 unspecified atom stereocenters. The van der Waals surface area contributed by atoms with Crippen LogP contribution in [0.3, 0.4) is 0 Å². The van der Waals surface area contributed by atoms with Gasteiger partial charge in [-0.2, -0.15) is 0 Å². The van der Waals surface area contributed by atoms with Gasteiger partial charge in [0.15, 0.2) is 0 Å². The molecule has 0 spiro atoms. The van der Waals surface area contributed by atoms with Crippen molar-refractivity contribution in [3.63, 3.8) is 0 Å². The average Bonchev–Trinajstić information content (AvgIpc) is 2.73. The van der Waals surface area contributed by atoms with Gasteiger partial charge in [0, 0.05) is 30.7 Å². The Morgan fingerprint density at radius 1 is 1.16 bits per heavy atom. The lowest BCUT2D eigenvalue weighted by Gasteiger charge is -2.36. The van der Waals surface area contributed by atoms with Crippen LogP contribution in [0.2, 0.25) is 0 Å². The van der Waals surface area contributed by atoms with E-state index in [1.54, 1.807) is 6.07 Å². The molecule has 1 amide bonds. The number of carbonyl (C=O) groups excluding carboxylic acids is 1. The fourth-order valence-electron chi connectivity index (χ4n) is 4.02. The van der Waals surface area contributed by atoms with Crippen LogP contribution >= 0.6 is 0 Å². The highest BCUT2D eigenvalue weighted by molar-refractivity contribution is 7.89. The average molecular weight is 452 g/mol. The number of nitrogens with one attached hydrogen (secondary N) is 2. The predicted molar refractivity (Wildman–Crippen MR) is 129 cm³/mol. The first kappa shape index (κ1) is 25.7. The lowest BCUT2D eigenvalue weighted by atomic mass is 10.0. The highest BCUT2D eigenvalue weighted by Crippen LogP contribution is 2.33. The van der Waals surface area contributed by atoms with Crippen LogP contribution in [0, 0.1) is 0 Å². The minimum Gasteiger partial charge on any atom is -0.368 e. The quantitative estimate of drug-likeness (QED) is 0.415. The largest absolute Gasteiger partial charge is 0.368 e. The van der Waals surface area contributed by atoms with Gasteiger partial charge in [0.05, 0.1) is 5.69 Å². The molecule has 1 aliphatic heterocycles. The smallest absolute Gasteiger partial charge is 0.242 e. The van der Waals surface area contributed by atoms with Crippen molar-refractivity contribution < 1.29 is 13.2 Å². The number of rotatable bonds is 12. The predicted octanol–water partition coefficient (Wildman–Crippen LogP) is 5.44. The van der Waals surface area contributed by atoms with Crippen molar-refractivity contribution >= 4 is 27.3 Å². The summed E-state index contributed by atoms with van der Waals surface area (Å²) in [6.07, 6.45) is 9.87. The minimum absolute atomic E-state index is 0.0613. The molecule has 1 saturated heterocycles. The van der Waals surface area contributed by atoms with Crippen LogP contribution < -0.4 is 14.9 Å². The molecule has 1 heterocycles. The lowest BCUT2D eigenvalue weighted by molar-refractivity contribution is -0.116. The molecule has 0 aromatic heterocycles. The van der Waals surface area contributed by atoms with E-state index in [0.717, 1.165) is 50.8 Å². The van der Waals surface area contributed by atoms with E-state index in [-0.39, 0.29) is 22.9 Å². The topological polar surface area (TPSA) is 78.5 Å². The number of unbranched alkanes of at least 4 members (excludes halogenated alkanes) is 4. The molecule has 1 aromatic carbocycles. The van der Waals surface area contributed by atoms with Crippen molar-refractivity contribution in [1.29, 1.82) is 0 Å². The van der Waals surface area contributed by atoms with Gasteiger partial charge < -0.3 is 10.2 Å². The van der Waals surface area contributed by atoms with E-state index in [0.29, 0.717) is 18.5 Å². The Bertz CT molecular complexity index is 810. The molecule has 7 heteroatoms. The zero-order chi connectivity index (χ0) is 22.9. The van der Waals surface area contributed by atoms with Crippen molar-refractivity contribution in [3.8, 4) is 0 Å². The summed E-state index contributed by atoms with van der Waals surface area (Å²) in [5.41, 5.74) is 1.26. The summed E-state index contributed by atoms with van der Waals surface area (Å²) in [5.74, 6) is -0.0613. The van der Waals surface area contributed by atoms with Crippen LogP contribution in [0.4, 0.5) is 11.4 Å². The van der Waals surface area contributed by atoms with Crippen molar-refractivity contribution in [2.45, 2.75) is 109 Å². The molecule has 1 fully saturated rings. The summed E-state index contributed by atoms with van der Waals surface area (Å²) >= 11 is 0. The summed E-state index contributed by atoms with van der Waals surface area (Å²) in [6, 6.07) is 5.43. The molecule has 0 aliphatic carbocycles. The number of piperidine rings is 1. The molecule has 0 radical (unpaired) electrons. The maximum atomic E-state index is 13.2. The standard InChI is InChI=1S/C24H41N3O3S/c1-5-7-8-9-10-14-24(28)25-21-15-16-22(27-17-12-11-13-20(27)4)23(18-21)31(29,30)26-19(3)6-2/h15-16,18-20,26H,5-14,17H2,1-4H3,(H,25,28)/t19-,20+/m1/s1. The highest BCUT2D eigenvalue weighted by atomic mass is 32.2. The normalized spacial score (nSPS) is 18.1. The van der Waals surface area contributed by atoms with Gasteiger partial charge in [0.2, 0.25) is 15.9 Å². The second-order valence-corrected chi connectivity index (χ2v) is 10.5. The second kappa shape index (κ2) is 12.4. The molecule has 6 nitrogen and oxygen atoms in total. The van der Waals surface area contributed by atoms with E-state index >= 15 is 0 Å². The van der Waals surface area contributed by atoms with Crippen molar-refractivity contribution in [1.82, 2.24) is 4.72 Å². The van der Waals surface area contributed by atoms with Gasteiger partial charge in [-0.05, 0) is 64.2 Å². The number of amides is 1. The monoisotopic (exact) mass is 451 g/mol. The van der Waals surface area contributed by atoms with Crippen LogP contribution in [0.1, 0.15) is 91.9 Å². The molecular weight excluding hydrogens is 410 g/mol. The van der Waals surface area contributed by atoms with Gasteiger partial charge in [-0.15, -0.1) is 0 Å². The SMILES string of the molecule is CCCCCCCC(=O)Nc1ccc(N2CCCC[C@@H]2C)c(S(=O)(=O)N[C@H](C)CC)c1. The van der Waals surface area contributed by atoms with Crippen molar-refractivity contribution in [2.24, 2.45) is 0 Å². The fraction of sp³-hybridized carbons (Fsp3) is 0.708. The Balaban J connectivity index is 2.23. The molecule has 0 saturated carbocycles. The van der Waals surface area contributed by atoms with Gasteiger partial charge in [-0.1, -0.05) is 39.5 Å². The summed E-state index contributed by atoms with van der Waals surface area (Å²) in [7, 11) is -3.70. The molecule has 2 rings (SSSR count). The Kier molecular flexibility index (Phi) is 10.3. The van der Waals surface area contributed by atoms with Gasteiger partial charge in [-0.25, -0.2) is 13.1 Å². The molecule has 1 aliphatic rings. The number of carbonyl (C=O) groups is 1. The maximum Gasteiger partial charge on any atom is 0.242 e. The van der Waals surface area contributed by atoms with Crippen LogP contribution in [-0.2, 0) is 14.8 Å². The summed E-state index contributed by atoms with van der Waals surface area (Å²) in [6.45, 7) is 8.98. The number of hydrogen-bond donors (Lipinski definition) is 2. The second-order valence-electron chi connectivity index (χ2n) is 8.86. The van der Waals surface area contributed by atoms with E-state index in [2.05, 4.69) is 28.8 Å². The third-order valence-electron chi connectivity index (χ3n) is 6.12. The molecule has 1 aromatic rings. The summed E-state index contributed by atoms with van der Waals surface area (Å²) < 4.78 is 29.2. The van der Waals surface area contributed by atoms with Crippen LogP contribution in [0.25, 0.3) is 0 Å². The van der Waals surface area contributed by atoms with Crippen molar-refractivity contribution in [2.75, 3.05) is 16.8 Å². The highest BCUT2D eigenvalue weighted by Gasteiger charge is 2.27. The van der Waals surface area contributed by atoms with E-state index in [4.69, 9.17) is 0 Å². The zero-order valence-corrected chi connectivity index (χ0v) is 20.6. The van der Waals surface area contributed by atoms with Crippen LogP contribution in [-0.4, -0.2) is 33.0 Å². The van der Waals surface area contributed by atoms with Gasteiger partial charge in [0.25, 0.3) is 0 Å². The molecule has 2 N–H and O–H groups in total. The Morgan fingerprint density at radius 3 is 2.58 bits per heavy atom. The zero-order valence-electron chi connectivity index (χ0n) is 19.7. The minimum atomic E-state index is -3.70. The number of nitrogens with zero attached hydrogens (tertiary/aromatic N) is 1. The van der Waals surface area contributed by atoms with E-state index < -0.39 is 10.0 Å². The Hall–Kier alpha value is -1.60. The van der Waals surface area contributed by atoms with E-state index in [1.807, 2.05) is 26.0 Å². The first-order valence-corrected chi connectivity index (χ1v) is 13.5. The third-order valence-corrected chi connectivity index (χ3v) is 7.74. The number of hydrogen-bond acceptors (Lipinski definition) is 4. The van der Waals surface area contributed by atoms with Crippen molar-refractivity contribution in [3.05, 3.63) is 18.2 Å². The van der Waals surface area contributed by atoms with Crippen LogP contribution in [0.5, 0.6) is 0 Å². The lowest BCUT2D eigenvalue weighted by Crippen LogP contribution is -2.39. The maximum absolute atomic E-state index is 13.2. The number of anilines is 2.